The molecule has 2 rings (SSSR count). The van der Waals surface area contributed by atoms with Crippen molar-refractivity contribution < 1.29 is 14.4 Å². The van der Waals surface area contributed by atoms with Crippen molar-refractivity contribution in [2.75, 3.05) is 6.54 Å². The molecule has 1 saturated heterocycles. The molecule has 118 valence electrons. The van der Waals surface area contributed by atoms with Crippen LogP contribution in [0.1, 0.15) is 38.8 Å². The average molecular weight is 303 g/mol. The highest BCUT2D eigenvalue weighted by atomic mass is 16.2. The predicted molar refractivity (Wildman–Crippen MR) is 81.9 cm³/mol. The molecule has 0 spiro atoms. The van der Waals surface area contributed by atoms with Crippen molar-refractivity contribution in [1.29, 1.82) is 0 Å². The van der Waals surface area contributed by atoms with Gasteiger partial charge in [0.2, 0.25) is 5.91 Å². The molecule has 4 amide bonds. The highest BCUT2D eigenvalue weighted by Crippen LogP contribution is 2.17. The van der Waals surface area contributed by atoms with Crippen molar-refractivity contribution in [2.45, 2.75) is 38.8 Å². The quantitative estimate of drug-likeness (QED) is 0.811. The molecule has 0 unspecified atom stereocenters. The second-order valence-electron chi connectivity index (χ2n) is 5.96. The zero-order chi connectivity index (χ0) is 16.3. The topological polar surface area (TPSA) is 78.5 Å². The van der Waals surface area contributed by atoms with E-state index in [1.807, 2.05) is 37.3 Å². The molecular formula is C16H21N3O3. The van der Waals surface area contributed by atoms with Crippen LogP contribution in [-0.2, 0) is 9.59 Å². The number of hydrogen-bond acceptors (Lipinski definition) is 3. The summed E-state index contributed by atoms with van der Waals surface area (Å²) in [6.07, 6.45) is 0.0897. The zero-order valence-electron chi connectivity index (χ0n) is 13.1. The summed E-state index contributed by atoms with van der Waals surface area (Å²) >= 11 is 0. The smallest absolute Gasteiger partial charge is 0.325 e. The maximum absolute atomic E-state index is 12.0. The molecule has 1 fully saturated rings. The number of imide groups is 1. The monoisotopic (exact) mass is 303 g/mol. The van der Waals surface area contributed by atoms with Gasteiger partial charge in [0.25, 0.3) is 5.91 Å². The Balaban J connectivity index is 1.86. The molecule has 1 atom stereocenters. The van der Waals surface area contributed by atoms with Crippen LogP contribution < -0.4 is 10.6 Å². The molecule has 0 aromatic heterocycles. The van der Waals surface area contributed by atoms with Gasteiger partial charge in [0.15, 0.2) is 0 Å². The van der Waals surface area contributed by atoms with Gasteiger partial charge in [-0.25, -0.2) is 4.79 Å². The molecule has 6 nitrogen and oxygen atoms in total. The maximum Gasteiger partial charge on any atom is 0.325 e. The van der Waals surface area contributed by atoms with Crippen molar-refractivity contribution in [3.05, 3.63) is 35.9 Å². The van der Waals surface area contributed by atoms with Gasteiger partial charge in [0, 0.05) is 13.0 Å². The summed E-state index contributed by atoms with van der Waals surface area (Å²) in [5, 5.41) is 5.45. The van der Waals surface area contributed by atoms with Crippen LogP contribution in [0.25, 0.3) is 0 Å². The van der Waals surface area contributed by atoms with Gasteiger partial charge in [-0.15, -0.1) is 0 Å². The van der Waals surface area contributed by atoms with E-state index in [9.17, 15) is 14.4 Å². The summed E-state index contributed by atoms with van der Waals surface area (Å²) in [4.78, 5) is 36.8. The van der Waals surface area contributed by atoms with Gasteiger partial charge in [0.05, 0.1) is 6.04 Å². The first kappa shape index (κ1) is 16.0. The van der Waals surface area contributed by atoms with Crippen LogP contribution >= 0.6 is 0 Å². The summed E-state index contributed by atoms with van der Waals surface area (Å²) in [6, 6.07) is 9.04. The fourth-order valence-corrected chi connectivity index (χ4v) is 2.37. The fourth-order valence-electron chi connectivity index (χ4n) is 2.37. The Morgan fingerprint density at radius 3 is 2.45 bits per heavy atom. The zero-order valence-corrected chi connectivity index (χ0v) is 13.1. The van der Waals surface area contributed by atoms with Gasteiger partial charge in [-0.3, -0.25) is 14.5 Å². The van der Waals surface area contributed by atoms with Crippen LogP contribution in [0.4, 0.5) is 4.79 Å². The number of hydrogen-bond donors (Lipinski definition) is 2. The molecule has 22 heavy (non-hydrogen) atoms. The van der Waals surface area contributed by atoms with E-state index in [0.29, 0.717) is 0 Å². The Kier molecular flexibility index (Phi) is 4.49. The summed E-state index contributed by atoms with van der Waals surface area (Å²) in [6.45, 7) is 5.26. The van der Waals surface area contributed by atoms with E-state index in [0.717, 1.165) is 10.5 Å². The third-order valence-electron chi connectivity index (χ3n) is 3.68. The van der Waals surface area contributed by atoms with E-state index >= 15 is 0 Å². The highest BCUT2D eigenvalue weighted by molar-refractivity contribution is 6.06. The summed E-state index contributed by atoms with van der Waals surface area (Å²) < 4.78 is 0. The second kappa shape index (κ2) is 6.17. The third-order valence-corrected chi connectivity index (χ3v) is 3.68. The molecule has 0 saturated carbocycles. The molecule has 2 N–H and O–H groups in total. The second-order valence-corrected chi connectivity index (χ2v) is 5.96. The summed E-state index contributed by atoms with van der Waals surface area (Å²) in [7, 11) is 0. The largest absolute Gasteiger partial charge is 0.350 e. The number of urea groups is 1. The standard InChI is InChI=1S/C16H21N3O3/c1-11(12-7-5-4-6-8-12)17-13(20)9-10-19-14(21)16(2,3)18-15(19)22/h4-8,11H,9-10H2,1-3H3,(H,17,20)(H,18,22)/t11-/m0/s1. The van der Waals surface area contributed by atoms with Crippen LogP contribution in [0.3, 0.4) is 0 Å². The summed E-state index contributed by atoms with van der Waals surface area (Å²) in [5.41, 5.74) is 0.109. The molecular weight excluding hydrogens is 282 g/mol. The first-order valence-corrected chi connectivity index (χ1v) is 7.29. The molecule has 1 aromatic rings. The van der Waals surface area contributed by atoms with Crippen molar-refractivity contribution in [1.82, 2.24) is 15.5 Å². The molecule has 0 aliphatic carbocycles. The van der Waals surface area contributed by atoms with Gasteiger partial charge in [-0.2, -0.15) is 0 Å². The number of nitrogens with zero attached hydrogens (tertiary/aromatic N) is 1. The van der Waals surface area contributed by atoms with E-state index in [2.05, 4.69) is 10.6 Å². The minimum absolute atomic E-state index is 0.0848. The average Bonchev–Trinajstić information content (AvgIpc) is 2.66. The lowest BCUT2D eigenvalue weighted by Crippen LogP contribution is -2.40. The van der Waals surface area contributed by atoms with Gasteiger partial charge >= 0.3 is 6.03 Å². The van der Waals surface area contributed by atoms with Crippen LogP contribution in [0, 0.1) is 0 Å². The van der Waals surface area contributed by atoms with E-state index in [-0.39, 0.29) is 30.8 Å². The molecule has 1 aliphatic rings. The number of carbonyl (C=O) groups is 3. The lowest BCUT2D eigenvalue weighted by molar-refractivity contribution is -0.130. The van der Waals surface area contributed by atoms with Crippen LogP contribution in [0.5, 0.6) is 0 Å². The minimum Gasteiger partial charge on any atom is -0.350 e. The Morgan fingerprint density at radius 1 is 1.27 bits per heavy atom. The Labute approximate surface area is 129 Å². The number of carbonyl (C=O) groups excluding carboxylic acids is 3. The maximum atomic E-state index is 12.0. The number of nitrogens with one attached hydrogen (secondary N) is 2. The van der Waals surface area contributed by atoms with Gasteiger partial charge in [-0.1, -0.05) is 30.3 Å². The fraction of sp³-hybridized carbons (Fsp3) is 0.438. The minimum atomic E-state index is -0.898. The Bertz CT molecular complexity index is 584. The van der Waals surface area contributed by atoms with Crippen molar-refractivity contribution in [2.24, 2.45) is 0 Å². The van der Waals surface area contributed by atoms with E-state index in [4.69, 9.17) is 0 Å². The molecule has 0 bridgehead atoms. The molecule has 6 heteroatoms. The third kappa shape index (κ3) is 3.44. The molecule has 1 heterocycles. The molecule has 0 radical (unpaired) electrons. The van der Waals surface area contributed by atoms with E-state index in [1.165, 1.54) is 0 Å². The Morgan fingerprint density at radius 2 is 1.91 bits per heavy atom. The number of rotatable bonds is 5. The summed E-state index contributed by atoms with van der Waals surface area (Å²) in [5.74, 6) is -0.497. The predicted octanol–water partition coefficient (Wildman–Crippen LogP) is 1.58. The normalized spacial score (nSPS) is 18.0. The van der Waals surface area contributed by atoms with E-state index in [1.54, 1.807) is 13.8 Å². The van der Waals surface area contributed by atoms with Gasteiger partial charge in [-0.05, 0) is 26.3 Å². The van der Waals surface area contributed by atoms with Crippen molar-refractivity contribution in [3.63, 3.8) is 0 Å². The lowest BCUT2D eigenvalue weighted by Gasteiger charge is -2.17. The van der Waals surface area contributed by atoms with Crippen LogP contribution in [0.15, 0.2) is 30.3 Å². The lowest BCUT2D eigenvalue weighted by atomic mass is 10.1. The van der Waals surface area contributed by atoms with Crippen molar-refractivity contribution >= 4 is 17.8 Å². The number of benzene rings is 1. The van der Waals surface area contributed by atoms with Crippen LogP contribution in [0.2, 0.25) is 0 Å². The molecule has 1 aliphatic heterocycles. The number of amides is 4. The van der Waals surface area contributed by atoms with Crippen LogP contribution in [-0.4, -0.2) is 34.8 Å². The van der Waals surface area contributed by atoms with E-state index < -0.39 is 11.6 Å². The Hall–Kier alpha value is -2.37. The first-order chi connectivity index (χ1) is 10.3. The van der Waals surface area contributed by atoms with Crippen molar-refractivity contribution in [3.8, 4) is 0 Å². The first-order valence-electron chi connectivity index (χ1n) is 7.29. The van der Waals surface area contributed by atoms with Gasteiger partial charge < -0.3 is 10.6 Å². The molecule has 1 aromatic carbocycles. The highest BCUT2D eigenvalue weighted by Gasteiger charge is 2.43. The SMILES string of the molecule is C[C@H](NC(=O)CCN1C(=O)NC(C)(C)C1=O)c1ccccc1. The van der Waals surface area contributed by atoms with Gasteiger partial charge in [0.1, 0.15) is 5.54 Å².